The SMILES string of the molecule is CCCCCCCCCN1C(=O)C(C)Oc2ccc(-c3csc(-c4ccccc4)n3)cc21. The van der Waals surface area contributed by atoms with Gasteiger partial charge in [0.25, 0.3) is 5.91 Å². The zero-order chi connectivity index (χ0) is 22.3. The van der Waals surface area contributed by atoms with Crippen molar-refractivity contribution < 1.29 is 9.53 Å². The van der Waals surface area contributed by atoms with E-state index in [4.69, 9.17) is 9.72 Å². The van der Waals surface area contributed by atoms with Crippen LogP contribution in [0.3, 0.4) is 0 Å². The Bertz CT molecular complexity index is 1030. The summed E-state index contributed by atoms with van der Waals surface area (Å²) in [6.07, 6.45) is 8.16. The van der Waals surface area contributed by atoms with Crippen LogP contribution in [0.2, 0.25) is 0 Å². The number of fused-ring (bicyclic) bond motifs is 1. The fraction of sp³-hybridized carbons (Fsp3) is 0.407. The Morgan fingerprint density at radius 2 is 1.72 bits per heavy atom. The van der Waals surface area contributed by atoms with Crippen molar-refractivity contribution in [2.45, 2.75) is 64.9 Å². The highest BCUT2D eigenvalue weighted by atomic mass is 32.1. The van der Waals surface area contributed by atoms with E-state index in [0.29, 0.717) is 0 Å². The number of hydrogen-bond acceptors (Lipinski definition) is 4. The monoisotopic (exact) mass is 448 g/mol. The number of anilines is 1. The van der Waals surface area contributed by atoms with Gasteiger partial charge in [0.2, 0.25) is 0 Å². The van der Waals surface area contributed by atoms with E-state index in [0.717, 1.165) is 52.7 Å². The molecule has 0 N–H and O–H groups in total. The lowest BCUT2D eigenvalue weighted by Crippen LogP contribution is -2.44. The second-order valence-electron chi connectivity index (χ2n) is 8.46. The second-order valence-corrected chi connectivity index (χ2v) is 9.32. The third kappa shape index (κ3) is 5.21. The van der Waals surface area contributed by atoms with E-state index in [1.807, 2.05) is 42.2 Å². The van der Waals surface area contributed by atoms with Crippen molar-refractivity contribution in [2.24, 2.45) is 0 Å². The Labute approximate surface area is 195 Å². The number of ether oxygens (including phenoxy) is 1. The number of benzene rings is 2. The average molecular weight is 449 g/mol. The van der Waals surface area contributed by atoms with Gasteiger partial charge in [-0.15, -0.1) is 11.3 Å². The van der Waals surface area contributed by atoms with Crippen LogP contribution in [0.15, 0.2) is 53.9 Å². The minimum atomic E-state index is -0.443. The van der Waals surface area contributed by atoms with Crippen LogP contribution in [0.4, 0.5) is 5.69 Å². The molecule has 3 aromatic rings. The minimum Gasteiger partial charge on any atom is -0.479 e. The van der Waals surface area contributed by atoms with Gasteiger partial charge in [-0.2, -0.15) is 0 Å². The highest BCUT2D eigenvalue weighted by Crippen LogP contribution is 2.38. The van der Waals surface area contributed by atoms with Crippen LogP contribution in [0.25, 0.3) is 21.8 Å². The molecular weight excluding hydrogens is 416 g/mol. The van der Waals surface area contributed by atoms with Gasteiger partial charge in [-0.1, -0.05) is 75.8 Å². The first-order chi connectivity index (χ1) is 15.7. The molecule has 1 aromatic heterocycles. The van der Waals surface area contributed by atoms with Crippen LogP contribution in [0.1, 0.15) is 58.8 Å². The van der Waals surface area contributed by atoms with Crippen LogP contribution < -0.4 is 9.64 Å². The number of nitrogens with zero attached hydrogens (tertiary/aromatic N) is 2. The van der Waals surface area contributed by atoms with E-state index in [9.17, 15) is 4.79 Å². The molecule has 0 fully saturated rings. The van der Waals surface area contributed by atoms with Gasteiger partial charge in [-0.05, 0) is 31.5 Å². The molecule has 5 heteroatoms. The van der Waals surface area contributed by atoms with Gasteiger partial charge < -0.3 is 9.64 Å². The van der Waals surface area contributed by atoms with Crippen LogP contribution in [0, 0.1) is 0 Å². The molecule has 4 rings (SSSR count). The lowest BCUT2D eigenvalue weighted by molar-refractivity contribution is -0.125. The van der Waals surface area contributed by atoms with Crippen LogP contribution >= 0.6 is 11.3 Å². The minimum absolute atomic E-state index is 0.0453. The molecule has 0 aliphatic carbocycles. The zero-order valence-electron chi connectivity index (χ0n) is 19.0. The van der Waals surface area contributed by atoms with Crippen LogP contribution in [0.5, 0.6) is 5.75 Å². The first-order valence-electron chi connectivity index (χ1n) is 11.8. The molecule has 1 aliphatic heterocycles. The van der Waals surface area contributed by atoms with E-state index >= 15 is 0 Å². The molecule has 0 spiro atoms. The van der Waals surface area contributed by atoms with Crippen LogP contribution in [-0.4, -0.2) is 23.5 Å². The Morgan fingerprint density at radius 3 is 2.50 bits per heavy atom. The molecule has 0 saturated carbocycles. The summed E-state index contributed by atoms with van der Waals surface area (Å²) in [5.74, 6) is 0.825. The quantitative estimate of drug-likeness (QED) is 0.305. The van der Waals surface area contributed by atoms with Crippen molar-refractivity contribution in [3.05, 3.63) is 53.9 Å². The standard InChI is InChI=1S/C27H32N2O2S/c1-3-4-5-6-7-8-12-17-29-24-18-22(15-16-25(24)31-20(2)27(29)30)23-19-32-26(28-23)21-13-10-9-11-14-21/h9-11,13-16,18-20H,3-8,12,17H2,1-2H3. The maximum absolute atomic E-state index is 12.9. The first kappa shape index (κ1) is 22.5. The molecule has 4 nitrogen and oxygen atoms in total. The predicted octanol–water partition coefficient (Wildman–Crippen LogP) is 7.34. The number of carbonyl (C=O) groups is 1. The molecule has 2 aromatic carbocycles. The van der Waals surface area contributed by atoms with Gasteiger partial charge in [0.15, 0.2) is 6.10 Å². The van der Waals surface area contributed by atoms with E-state index in [1.165, 1.54) is 32.1 Å². The Balaban J connectivity index is 1.49. The molecule has 0 saturated heterocycles. The summed E-state index contributed by atoms with van der Waals surface area (Å²) in [4.78, 5) is 19.7. The fourth-order valence-electron chi connectivity index (χ4n) is 4.14. The predicted molar refractivity (Wildman–Crippen MR) is 133 cm³/mol. The first-order valence-corrected chi connectivity index (χ1v) is 12.7. The Kier molecular flexibility index (Phi) is 7.59. The number of aromatic nitrogens is 1. The molecule has 1 atom stereocenters. The number of amides is 1. The average Bonchev–Trinajstić information content (AvgIpc) is 3.31. The van der Waals surface area contributed by atoms with Crippen molar-refractivity contribution >= 4 is 22.9 Å². The van der Waals surface area contributed by atoms with Crippen molar-refractivity contribution in [1.82, 2.24) is 4.98 Å². The second kappa shape index (κ2) is 10.8. The summed E-state index contributed by atoms with van der Waals surface area (Å²) in [5, 5.41) is 3.08. The van der Waals surface area contributed by atoms with Crippen molar-refractivity contribution in [3.8, 4) is 27.6 Å². The molecule has 1 amide bonds. The summed E-state index contributed by atoms with van der Waals surface area (Å²) in [5.41, 5.74) is 3.93. The summed E-state index contributed by atoms with van der Waals surface area (Å²) in [7, 11) is 0. The highest BCUT2D eigenvalue weighted by molar-refractivity contribution is 7.13. The lowest BCUT2D eigenvalue weighted by Gasteiger charge is -2.33. The van der Waals surface area contributed by atoms with E-state index in [-0.39, 0.29) is 5.91 Å². The Morgan fingerprint density at radius 1 is 0.969 bits per heavy atom. The van der Waals surface area contributed by atoms with E-state index in [1.54, 1.807) is 11.3 Å². The number of thiazole rings is 1. The number of hydrogen-bond donors (Lipinski definition) is 0. The topological polar surface area (TPSA) is 42.4 Å². The normalized spacial score (nSPS) is 15.5. The number of carbonyl (C=O) groups excluding carboxylic acids is 1. The molecule has 168 valence electrons. The molecule has 32 heavy (non-hydrogen) atoms. The van der Waals surface area contributed by atoms with Crippen molar-refractivity contribution in [3.63, 3.8) is 0 Å². The van der Waals surface area contributed by atoms with Gasteiger partial charge in [-0.3, -0.25) is 4.79 Å². The van der Waals surface area contributed by atoms with Gasteiger partial charge in [0, 0.05) is 23.1 Å². The fourth-order valence-corrected chi connectivity index (χ4v) is 4.98. The van der Waals surface area contributed by atoms with E-state index < -0.39 is 6.10 Å². The molecule has 2 heterocycles. The third-order valence-electron chi connectivity index (χ3n) is 5.97. The summed E-state index contributed by atoms with van der Waals surface area (Å²) in [6, 6.07) is 16.3. The zero-order valence-corrected chi connectivity index (χ0v) is 19.9. The smallest absolute Gasteiger partial charge is 0.267 e. The largest absolute Gasteiger partial charge is 0.479 e. The Hall–Kier alpha value is -2.66. The maximum atomic E-state index is 12.9. The summed E-state index contributed by atoms with van der Waals surface area (Å²) in [6.45, 7) is 4.82. The van der Waals surface area contributed by atoms with Gasteiger partial charge >= 0.3 is 0 Å². The number of unbranched alkanes of at least 4 members (excludes halogenated alkanes) is 6. The third-order valence-corrected chi connectivity index (χ3v) is 6.86. The van der Waals surface area contributed by atoms with Gasteiger partial charge in [0.1, 0.15) is 10.8 Å². The molecule has 0 bridgehead atoms. The molecular formula is C27H32N2O2S. The molecule has 1 unspecified atom stereocenters. The summed E-state index contributed by atoms with van der Waals surface area (Å²) >= 11 is 1.64. The molecule has 1 aliphatic rings. The highest BCUT2D eigenvalue weighted by Gasteiger charge is 2.31. The summed E-state index contributed by atoms with van der Waals surface area (Å²) < 4.78 is 5.90. The van der Waals surface area contributed by atoms with Gasteiger partial charge in [0.05, 0.1) is 11.4 Å². The van der Waals surface area contributed by atoms with Crippen LogP contribution in [-0.2, 0) is 4.79 Å². The number of rotatable bonds is 10. The maximum Gasteiger partial charge on any atom is 0.267 e. The lowest BCUT2D eigenvalue weighted by atomic mass is 10.1. The van der Waals surface area contributed by atoms with Gasteiger partial charge in [-0.25, -0.2) is 4.98 Å². The van der Waals surface area contributed by atoms with Crippen molar-refractivity contribution in [2.75, 3.05) is 11.4 Å². The van der Waals surface area contributed by atoms with E-state index in [2.05, 4.69) is 30.5 Å². The van der Waals surface area contributed by atoms with Crippen molar-refractivity contribution in [1.29, 1.82) is 0 Å². The molecule has 0 radical (unpaired) electrons.